The molecule has 1 fully saturated rings. The molecule has 150 valence electrons. The molecule has 1 aliphatic rings. The molecule has 0 unspecified atom stereocenters. The number of carbonyl (C=O) groups is 1. The maximum absolute atomic E-state index is 12.5. The van der Waals surface area contributed by atoms with Crippen molar-refractivity contribution < 1.29 is 17.9 Å². The Morgan fingerprint density at radius 1 is 1.07 bits per heavy atom. The number of hydrogen-bond acceptors (Lipinski definition) is 4. The Morgan fingerprint density at radius 2 is 1.71 bits per heavy atom. The first-order chi connectivity index (χ1) is 13.5. The summed E-state index contributed by atoms with van der Waals surface area (Å²) in [4.78, 5) is 14.6. The summed E-state index contributed by atoms with van der Waals surface area (Å²) in [5.41, 5.74) is 0.716. The zero-order chi connectivity index (χ0) is 20.0. The van der Waals surface area contributed by atoms with Crippen LogP contribution in [0.1, 0.15) is 29.6 Å². The number of methoxy groups -OCH3 is 1. The summed E-state index contributed by atoms with van der Waals surface area (Å²) in [5.74, 6) is 1.11. The molecule has 1 aliphatic heterocycles. The Hall–Kier alpha value is -2.38. The van der Waals surface area contributed by atoms with Gasteiger partial charge in [0.1, 0.15) is 5.75 Å². The fourth-order valence-electron chi connectivity index (χ4n) is 3.42. The minimum absolute atomic E-state index is 0.0688. The Labute approximate surface area is 166 Å². The maximum atomic E-state index is 12.5. The fourth-order valence-corrected chi connectivity index (χ4v) is 4.47. The summed E-state index contributed by atoms with van der Waals surface area (Å²) < 4.78 is 32.5. The van der Waals surface area contributed by atoms with Crippen LogP contribution in [0.2, 0.25) is 0 Å². The van der Waals surface area contributed by atoms with E-state index in [2.05, 4.69) is 4.72 Å². The molecule has 3 rings (SSSR count). The van der Waals surface area contributed by atoms with Crippen molar-refractivity contribution in [3.8, 4) is 5.75 Å². The largest absolute Gasteiger partial charge is 0.497 e. The molecule has 0 aromatic heterocycles. The Kier molecular flexibility index (Phi) is 6.70. The van der Waals surface area contributed by atoms with E-state index in [1.54, 1.807) is 19.2 Å². The average molecular weight is 403 g/mol. The number of nitrogens with one attached hydrogen (secondary N) is 1. The monoisotopic (exact) mass is 402 g/mol. The molecule has 0 spiro atoms. The van der Waals surface area contributed by atoms with Crippen molar-refractivity contribution in [2.45, 2.75) is 24.2 Å². The van der Waals surface area contributed by atoms with Gasteiger partial charge in [-0.05, 0) is 61.6 Å². The number of amides is 1. The van der Waals surface area contributed by atoms with Gasteiger partial charge in [0, 0.05) is 25.2 Å². The first-order valence-corrected chi connectivity index (χ1v) is 11.0. The van der Waals surface area contributed by atoms with E-state index in [4.69, 9.17) is 4.74 Å². The highest BCUT2D eigenvalue weighted by Crippen LogP contribution is 2.22. The smallest absolute Gasteiger partial charge is 0.253 e. The number of likely N-dealkylation sites (tertiary alicyclic amines) is 1. The third-order valence-electron chi connectivity index (χ3n) is 5.14. The molecule has 2 aromatic rings. The Morgan fingerprint density at radius 3 is 2.32 bits per heavy atom. The second kappa shape index (κ2) is 9.21. The molecular weight excluding hydrogens is 376 g/mol. The molecule has 1 amide bonds. The molecule has 0 bridgehead atoms. The van der Waals surface area contributed by atoms with Crippen LogP contribution in [0.4, 0.5) is 0 Å². The molecule has 0 aliphatic carbocycles. The van der Waals surface area contributed by atoms with Crippen LogP contribution in [-0.4, -0.2) is 46.0 Å². The Balaban J connectivity index is 1.44. The third kappa shape index (κ3) is 5.11. The van der Waals surface area contributed by atoms with Crippen LogP contribution in [-0.2, 0) is 10.0 Å². The van der Waals surface area contributed by atoms with E-state index in [1.165, 1.54) is 12.1 Å². The van der Waals surface area contributed by atoms with Crippen LogP contribution >= 0.6 is 0 Å². The molecule has 6 nitrogen and oxygen atoms in total. The van der Waals surface area contributed by atoms with Crippen molar-refractivity contribution >= 4 is 15.9 Å². The molecular formula is C21H26N2O4S. The van der Waals surface area contributed by atoms with Gasteiger partial charge in [-0.3, -0.25) is 4.79 Å². The van der Waals surface area contributed by atoms with Crippen LogP contribution in [0, 0.1) is 5.92 Å². The van der Waals surface area contributed by atoms with Gasteiger partial charge in [0.2, 0.25) is 10.0 Å². The molecule has 0 atom stereocenters. The number of hydrogen-bond donors (Lipinski definition) is 1. The van der Waals surface area contributed by atoms with E-state index in [0.29, 0.717) is 36.9 Å². The standard InChI is InChI=1S/C21H26N2O4S/c1-27-19-7-9-20(10-8-19)28(25,26)22-14-11-17-12-15-23(16-13-17)21(24)18-5-3-2-4-6-18/h2-10,17,22H,11-16H2,1H3. The van der Waals surface area contributed by atoms with Gasteiger partial charge in [0.05, 0.1) is 12.0 Å². The highest BCUT2D eigenvalue weighted by Gasteiger charge is 2.24. The van der Waals surface area contributed by atoms with E-state index >= 15 is 0 Å². The van der Waals surface area contributed by atoms with Gasteiger partial charge in [-0.2, -0.15) is 0 Å². The van der Waals surface area contributed by atoms with Gasteiger partial charge < -0.3 is 9.64 Å². The second-order valence-corrected chi connectivity index (χ2v) is 8.73. The lowest BCUT2D eigenvalue weighted by Gasteiger charge is -2.32. The van der Waals surface area contributed by atoms with Gasteiger partial charge in [-0.1, -0.05) is 18.2 Å². The molecule has 0 radical (unpaired) electrons. The number of sulfonamides is 1. The van der Waals surface area contributed by atoms with E-state index in [1.807, 2.05) is 35.2 Å². The number of carbonyl (C=O) groups excluding carboxylic acids is 1. The predicted molar refractivity (Wildman–Crippen MR) is 108 cm³/mol. The highest BCUT2D eigenvalue weighted by atomic mass is 32.2. The van der Waals surface area contributed by atoms with Gasteiger partial charge in [-0.25, -0.2) is 13.1 Å². The summed E-state index contributed by atoms with van der Waals surface area (Å²) in [6, 6.07) is 15.6. The minimum Gasteiger partial charge on any atom is -0.497 e. The SMILES string of the molecule is COc1ccc(S(=O)(=O)NCCC2CCN(C(=O)c3ccccc3)CC2)cc1. The van der Waals surface area contributed by atoms with Gasteiger partial charge in [0.25, 0.3) is 5.91 Å². The molecule has 7 heteroatoms. The van der Waals surface area contributed by atoms with Gasteiger partial charge >= 0.3 is 0 Å². The highest BCUT2D eigenvalue weighted by molar-refractivity contribution is 7.89. The lowest BCUT2D eigenvalue weighted by atomic mass is 9.93. The lowest BCUT2D eigenvalue weighted by Crippen LogP contribution is -2.39. The lowest BCUT2D eigenvalue weighted by molar-refractivity contribution is 0.0687. The van der Waals surface area contributed by atoms with Crippen molar-refractivity contribution in [3.05, 3.63) is 60.2 Å². The van der Waals surface area contributed by atoms with Gasteiger partial charge in [-0.15, -0.1) is 0 Å². The summed E-state index contributed by atoms with van der Waals surface area (Å²) >= 11 is 0. The minimum atomic E-state index is -3.52. The van der Waals surface area contributed by atoms with Crippen molar-refractivity contribution in [1.29, 1.82) is 0 Å². The number of benzene rings is 2. The Bertz CT molecular complexity index is 874. The number of piperidine rings is 1. The first-order valence-electron chi connectivity index (χ1n) is 9.47. The average Bonchev–Trinajstić information content (AvgIpc) is 2.74. The topological polar surface area (TPSA) is 75.7 Å². The summed E-state index contributed by atoms with van der Waals surface area (Å²) in [5, 5.41) is 0. The van der Waals surface area contributed by atoms with Gasteiger partial charge in [0.15, 0.2) is 0 Å². The second-order valence-electron chi connectivity index (χ2n) is 6.96. The summed E-state index contributed by atoms with van der Waals surface area (Å²) in [6.45, 7) is 1.82. The van der Waals surface area contributed by atoms with Crippen LogP contribution in [0.25, 0.3) is 0 Å². The van der Waals surface area contributed by atoms with Crippen LogP contribution in [0.5, 0.6) is 5.75 Å². The fraction of sp³-hybridized carbons (Fsp3) is 0.381. The van der Waals surface area contributed by atoms with Crippen LogP contribution < -0.4 is 9.46 Å². The normalized spacial score (nSPS) is 15.4. The zero-order valence-corrected chi connectivity index (χ0v) is 16.8. The van der Waals surface area contributed by atoms with E-state index in [-0.39, 0.29) is 10.8 Å². The molecule has 1 heterocycles. The molecule has 1 saturated heterocycles. The molecule has 0 saturated carbocycles. The predicted octanol–water partition coefficient (Wildman–Crippen LogP) is 2.92. The number of ether oxygens (including phenoxy) is 1. The third-order valence-corrected chi connectivity index (χ3v) is 6.61. The molecule has 28 heavy (non-hydrogen) atoms. The van der Waals surface area contributed by atoms with Crippen molar-refractivity contribution in [3.63, 3.8) is 0 Å². The number of nitrogens with zero attached hydrogens (tertiary/aromatic N) is 1. The maximum Gasteiger partial charge on any atom is 0.253 e. The van der Waals surface area contributed by atoms with E-state index in [9.17, 15) is 13.2 Å². The van der Waals surface area contributed by atoms with E-state index < -0.39 is 10.0 Å². The van der Waals surface area contributed by atoms with Crippen molar-refractivity contribution in [2.24, 2.45) is 5.92 Å². The summed E-state index contributed by atoms with van der Waals surface area (Å²) in [7, 11) is -1.97. The first kappa shape index (κ1) is 20.4. The molecule has 2 aromatic carbocycles. The summed E-state index contributed by atoms with van der Waals surface area (Å²) in [6.07, 6.45) is 2.55. The quantitative estimate of drug-likeness (QED) is 0.773. The number of rotatable bonds is 7. The van der Waals surface area contributed by atoms with Crippen molar-refractivity contribution in [2.75, 3.05) is 26.7 Å². The van der Waals surface area contributed by atoms with E-state index in [0.717, 1.165) is 19.3 Å². The van der Waals surface area contributed by atoms with Crippen LogP contribution in [0.3, 0.4) is 0 Å². The zero-order valence-electron chi connectivity index (χ0n) is 16.0. The van der Waals surface area contributed by atoms with Crippen LogP contribution in [0.15, 0.2) is 59.5 Å². The molecule has 1 N–H and O–H groups in total. The van der Waals surface area contributed by atoms with Crippen molar-refractivity contribution in [1.82, 2.24) is 9.62 Å².